The zero-order chi connectivity index (χ0) is 15.8. The van der Waals surface area contributed by atoms with Crippen LogP contribution in [0.3, 0.4) is 0 Å². The standard InChI is InChI=1S/C15H23FN2O2S/c1-4-15(5-2)6-7-18(10-15)21(19,20)12-8-11(3)14(16)13(17)9-12/h8-9H,4-7,10,17H2,1-3H3. The van der Waals surface area contributed by atoms with Crippen LogP contribution in [0.1, 0.15) is 38.7 Å². The van der Waals surface area contributed by atoms with Gasteiger partial charge in [-0.15, -0.1) is 0 Å². The molecule has 1 saturated heterocycles. The SMILES string of the molecule is CCC1(CC)CCN(S(=O)(=O)c2cc(C)c(F)c(N)c2)C1. The predicted octanol–water partition coefficient (Wildman–Crippen LogP) is 2.92. The van der Waals surface area contributed by atoms with E-state index in [2.05, 4.69) is 13.8 Å². The lowest BCUT2D eigenvalue weighted by Gasteiger charge is -2.26. The Morgan fingerprint density at radius 3 is 2.43 bits per heavy atom. The molecule has 1 heterocycles. The summed E-state index contributed by atoms with van der Waals surface area (Å²) in [4.78, 5) is 0.0851. The fraction of sp³-hybridized carbons (Fsp3) is 0.600. The Bertz CT molecular complexity index is 616. The van der Waals surface area contributed by atoms with Gasteiger partial charge in [0.1, 0.15) is 5.82 Å². The van der Waals surface area contributed by atoms with Crippen LogP contribution >= 0.6 is 0 Å². The van der Waals surface area contributed by atoms with E-state index in [1.54, 1.807) is 0 Å². The van der Waals surface area contributed by atoms with Crippen molar-refractivity contribution >= 4 is 15.7 Å². The van der Waals surface area contributed by atoms with Gasteiger partial charge in [0.05, 0.1) is 10.6 Å². The first-order valence-corrected chi connectivity index (χ1v) is 8.75. The Morgan fingerprint density at radius 2 is 1.95 bits per heavy atom. The summed E-state index contributed by atoms with van der Waals surface area (Å²) in [5.74, 6) is -0.549. The van der Waals surface area contributed by atoms with Crippen LogP contribution in [-0.2, 0) is 10.0 Å². The van der Waals surface area contributed by atoms with E-state index in [1.807, 2.05) is 0 Å². The van der Waals surface area contributed by atoms with Crippen molar-refractivity contribution in [3.05, 3.63) is 23.5 Å². The Morgan fingerprint density at radius 1 is 1.33 bits per heavy atom. The van der Waals surface area contributed by atoms with E-state index in [9.17, 15) is 12.8 Å². The lowest BCUT2D eigenvalue weighted by Crippen LogP contribution is -2.32. The summed E-state index contributed by atoms with van der Waals surface area (Å²) in [6, 6.07) is 2.58. The third-order valence-electron chi connectivity index (χ3n) is 4.80. The van der Waals surface area contributed by atoms with E-state index in [1.165, 1.54) is 23.4 Å². The molecule has 0 atom stereocenters. The molecule has 0 amide bonds. The minimum atomic E-state index is -3.61. The number of hydrogen-bond acceptors (Lipinski definition) is 3. The maximum atomic E-state index is 13.6. The van der Waals surface area contributed by atoms with Gasteiger partial charge < -0.3 is 5.73 Å². The maximum absolute atomic E-state index is 13.6. The van der Waals surface area contributed by atoms with Gasteiger partial charge >= 0.3 is 0 Å². The molecular weight excluding hydrogens is 291 g/mol. The number of hydrogen-bond donors (Lipinski definition) is 1. The lowest BCUT2D eigenvalue weighted by atomic mass is 9.82. The molecule has 0 aliphatic carbocycles. The molecule has 2 rings (SSSR count). The van der Waals surface area contributed by atoms with E-state index in [4.69, 9.17) is 5.73 Å². The van der Waals surface area contributed by atoms with Gasteiger partial charge in [-0.05, 0) is 49.3 Å². The molecule has 1 aliphatic heterocycles. The minimum Gasteiger partial charge on any atom is -0.396 e. The molecule has 0 radical (unpaired) electrons. The zero-order valence-corrected chi connectivity index (χ0v) is 13.6. The van der Waals surface area contributed by atoms with Crippen LogP contribution in [0.4, 0.5) is 10.1 Å². The van der Waals surface area contributed by atoms with Crippen molar-refractivity contribution in [2.75, 3.05) is 18.8 Å². The molecule has 4 nitrogen and oxygen atoms in total. The molecule has 21 heavy (non-hydrogen) atoms. The summed E-state index contributed by atoms with van der Waals surface area (Å²) < 4.78 is 40.5. The lowest BCUT2D eigenvalue weighted by molar-refractivity contribution is 0.279. The van der Waals surface area contributed by atoms with Crippen molar-refractivity contribution in [3.8, 4) is 0 Å². The number of nitrogen functional groups attached to an aromatic ring is 1. The topological polar surface area (TPSA) is 63.4 Å². The number of anilines is 1. The van der Waals surface area contributed by atoms with Crippen molar-refractivity contribution in [2.45, 2.75) is 44.9 Å². The second kappa shape index (κ2) is 5.57. The smallest absolute Gasteiger partial charge is 0.243 e. The predicted molar refractivity (Wildman–Crippen MR) is 81.9 cm³/mol. The third-order valence-corrected chi connectivity index (χ3v) is 6.62. The summed E-state index contributed by atoms with van der Waals surface area (Å²) in [7, 11) is -3.61. The normalized spacial score (nSPS) is 19.0. The fourth-order valence-corrected chi connectivity index (χ4v) is 4.66. The molecule has 1 aliphatic rings. The first-order valence-electron chi connectivity index (χ1n) is 7.31. The number of rotatable bonds is 4. The molecule has 118 valence electrons. The van der Waals surface area contributed by atoms with Gasteiger partial charge in [0.15, 0.2) is 0 Å². The second-order valence-corrected chi connectivity index (χ2v) is 7.88. The number of nitrogens with two attached hydrogens (primary N) is 1. The van der Waals surface area contributed by atoms with E-state index < -0.39 is 15.8 Å². The maximum Gasteiger partial charge on any atom is 0.243 e. The highest BCUT2D eigenvalue weighted by molar-refractivity contribution is 7.89. The molecule has 1 fully saturated rings. The second-order valence-electron chi connectivity index (χ2n) is 5.94. The molecule has 0 spiro atoms. The van der Waals surface area contributed by atoms with Gasteiger partial charge in [0.2, 0.25) is 10.0 Å². The van der Waals surface area contributed by atoms with Crippen LogP contribution in [-0.4, -0.2) is 25.8 Å². The van der Waals surface area contributed by atoms with E-state index >= 15 is 0 Å². The van der Waals surface area contributed by atoms with Crippen molar-refractivity contribution in [2.24, 2.45) is 5.41 Å². The molecular formula is C15H23FN2O2S. The zero-order valence-electron chi connectivity index (χ0n) is 12.8. The Labute approximate surface area is 126 Å². The first-order chi connectivity index (χ1) is 9.75. The van der Waals surface area contributed by atoms with Gasteiger partial charge in [0, 0.05) is 13.1 Å². The van der Waals surface area contributed by atoms with Crippen molar-refractivity contribution in [3.63, 3.8) is 0 Å². The summed E-state index contributed by atoms with van der Waals surface area (Å²) in [5.41, 5.74) is 5.76. The number of sulfonamides is 1. The minimum absolute atomic E-state index is 0.0632. The average Bonchev–Trinajstić information content (AvgIpc) is 2.90. The first kappa shape index (κ1) is 16.2. The Balaban J connectivity index is 2.36. The molecule has 2 N–H and O–H groups in total. The quantitative estimate of drug-likeness (QED) is 0.869. The number of benzene rings is 1. The molecule has 1 aromatic rings. The van der Waals surface area contributed by atoms with Gasteiger partial charge in [-0.3, -0.25) is 0 Å². The van der Waals surface area contributed by atoms with Crippen LogP contribution in [0.5, 0.6) is 0 Å². The number of aryl methyl sites for hydroxylation is 1. The molecule has 0 unspecified atom stereocenters. The van der Waals surface area contributed by atoms with Crippen LogP contribution in [0.2, 0.25) is 0 Å². The van der Waals surface area contributed by atoms with Crippen molar-refractivity contribution in [1.82, 2.24) is 4.31 Å². The summed E-state index contributed by atoms with van der Waals surface area (Å²) in [6.45, 7) is 6.76. The van der Waals surface area contributed by atoms with Gasteiger partial charge in [-0.1, -0.05) is 13.8 Å². The summed E-state index contributed by atoms with van der Waals surface area (Å²) in [6.07, 6.45) is 2.79. The van der Waals surface area contributed by atoms with Gasteiger partial charge in [0.25, 0.3) is 0 Å². The number of nitrogens with zero attached hydrogens (tertiary/aromatic N) is 1. The highest BCUT2D eigenvalue weighted by atomic mass is 32.2. The highest BCUT2D eigenvalue weighted by Gasteiger charge is 2.40. The molecule has 0 bridgehead atoms. The Hall–Kier alpha value is -1.14. The monoisotopic (exact) mass is 314 g/mol. The van der Waals surface area contributed by atoms with Gasteiger partial charge in [-0.2, -0.15) is 4.31 Å². The summed E-state index contributed by atoms with van der Waals surface area (Å²) in [5, 5.41) is 0. The average molecular weight is 314 g/mol. The van der Waals surface area contributed by atoms with Gasteiger partial charge in [-0.25, -0.2) is 12.8 Å². The van der Waals surface area contributed by atoms with Crippen LogP contribution < -0.4 is 5.73 Å². The third kappa shape index (κ3) is 2.79. The van der Waals surface area contributed by atoms with Crippen LogP contribution in [0, 0.1) is 18.2 Å². The summed E-state index contributed by atoms with van der Waals surface area (Å²) >= 11 is 0. The van der Waals surface area contributed by atoms with Crippen molar-refractivity contribution < 1.29 is 12.8 Å². The molecule has 0 saturated carbocycles. The van der Waals surface area contributed by atoms with Crippen LogP contribution in [0.15, 0.2) is 17.0 Å². The van der Waals surface area contributed by atoms with E-state index in [0.29, 0.717) is 13.1 Å². The highest BCUT2D eigenvalue weighted by Crippen LogP contribution is 2.39. The Kier molecular flexibility index (Phi) is 4.31. The van der Waals surface area contributed by atoms with E-state index in [-0.39, 0.29) is 21.6 Å². The van der Waals surface area contributed by atoms with Crippen molar-refractivity contribution in [1.29, 1.82) is 0 Å². The largest absolute Gasteiger partial charge is 0.396 e. The van der Waals surface area contributed by atoms with E-state index in [0.717, 1.165) is 19.3 Å². The number of halogens is 1. The molecule has 6 heteroatoms. The van der Waals surface area contributed by atoms with Crippen LogP contribution in [0.25, 0.3) is 0 Å². The molecule has 1 aromatic carbocycles. The fourth-order valence-electron chi connectivity index (χ4n) is 2.99. The molecule has 0 aromatic heterocycles.